The van der Waals surface area contributed by atoms with E-state index in [4.69, 9.17) is 9.47 Å². The van der Waals surface area contributed by atoms with Crippen molar-refractivity contribution in [3.05, 3.63) is 71.9 Å². The number of carbonyl (C=O) groups excluding carboxylic acids is 2. The van der Waals surface area contributed by atoms with E-state index in [0.29, 0.717) is 42.4 Å². The van der Waals surface area contributed by atoms with Gasteiger partial charge in [0.05, 0.1) is 37.6 Å². The van der Waals surface area contributed by atoms with Crippen molar-refractivity contribution in [1.82, 2.24) is 15.5 Å². The predicted molar refractivity (Wildman–Crippen MR) is 155 cm³/mol. The molecular formula is C29H35F3N6O4. The number of methoxy groups -OCH3 is 2. The highest BCUT2D eigenvalue weighted by atomic mass is 19.4. The number of ether oxygens (including phenoxy) is 2. The van der Waals surface area contributed by atoms with Gasteiger partial charge in [0, 0.05) is 37.0 Å². The van der Waals surface area contributed by atoms with Crippen molar-refractivity contribution in [2.45, 2.75) is 38.4 Å². The average Bonchev–Trinajstić information content (AvgIpc) is 3.41. The molecule has 5 N–H and O–H groups in total. The summed E-state index contributed by atoms with van der Waals surface area (Å²) < 4.78 is 47.8. The first-order valence-electron chi connectivity index (χ1n) is 13.2. The van der Waals surface area contributed by atoms with Crippen LogP contribution in [0.4, 0.5) is 30.4 Å². The SMILES string of the molecule is C=CC(=O)Nc1cc(NCC(C)NCCC(F)(F)F)ccc1C(=O)Nc1cc(CCc2cc(OC)cc(OC)c2)n[nH]1. The molecule has 0 aliphatic carbocycles. The molecule has 42 heavy (non-hydrogen) atoms. The van der Waals surface area contributed by atoms with Crippen molar-refractivity contribution in [2.75, 3.05) is 43.3 Å². The lowest BCUT2D eigenvalue weighted by atomic mass is 10.1. The molecule has 1 unspecified atom stereocenters. The monoisotopic (exact) mass is 588 g/mol. The fraction of sp³-hybridized carbons (Fsp3) is 0.345. The van der Waals surface area contributed by atoms with Gasteiger partial charge < -0.3 is 30.7 Å². The first-order valence-corrected chi connectivity index (χ1v) is 13.2. The van der Waals surface area contributed by atoms with E-state index < -0.39 is 24.4 Å². The van der Waals surface area contributed by atoms with Crippen LogP contribution in [0.3, 0.4) is 0 Å². The highest BCUT2D eigenvalue weighted by Gasteiger charge is 2.26. The zero-order chi connectivity index (χ0) is 30.7. The Balaban J connectivity index is 1.63. The van der Waals surface area contributed by atoms with Gasteiger partial charge in [0.1, 0.15) is 17.3 Å². The Bertz CT molecular complexity index is 1350. The Hall–Kier alpha value is -4.52. The molecular weight excluding hydrogens is 553 g/mol. The van der Waals surface area contributed by atoms with Gasteiger partial charge in [-0.1, -0.05) is 6.58 Å². The molecule has 0 radical (unpaired) electrons. The van der Waals surface area contributed by atoms with Crippen LogP contribution in [-0.4, -0.2) is 61.5 Å². The number of nitrogens with one attached hydrogen (secondary N) is 5. The molecule has 2 aromatic carbocycles. The van der Waals surface area contributed by atoms with Gasteiger partial charge in [0.15, 0.2) is 0 Å². The summed E-state index contributed by atoms with van der Waals surface area (Å²) in [5.41, 5.74) is 2.71. The minimum absolute atomic E-state index is 0.187. The summed E-state index contributed by atoms with van der Waals surface area (Å²) in [5.74, 6) is 0.747. The number of nitrogens with zero attached hydrogens (tertiary/aromatic N) is 1. The number of aryl methyl sites for hydroxylation is 2. The summed E-state index contributed by atoms with van der Waals surface area (Å²) in [5, 5.41) is 18.4. The van der Waals surface area contributed by atoms with E-state index in [9.17, 15) is 22.8 Å². The fourth-order valence-corrected chi connectivity index (χ4v) is 3.97. The summed E-state index contributed by atoms with van der Waals surface area (Å²) in [6.07, 6.45) is -2.82. The van der Waals surface area contributed by atoms with Gasteiger partial charge in [-0.15, -0.1) is 0 Å². The van der Waals surface area contributed by atoms with E-state index in [1.807, 2.05) is 12.1 Å². The largest absolute Gasteiger partial charge is 0.497 e. The number of hydrogen-bond donors (Lipinski definition) is 5. The Morgan fingerprint density at radius 2 is 1.76 bits per heavy atom. The fourth-order valence-electron chi connectivity index (χ4n) is 3.97. The van der Waals surface area contributed by atoms with Crippen molar-refractivity contribution in [3.63, 3.8) is 0 Å². The van der Waals surface area contributed by atoms with Crippen molar-refractivity contribution in [3.8, 4) is 11.5 Å². The molecule has 0 spiro atoms. The summed E-state index contributed by atoms with van der Waals surface area (Å²) in [6.45, 7) is 5.31. The summed E-state index contributed by atoms with van der Waals surface area (Å²) >= 11 is 0. The van der Waals surface area contributed by atoms with Gasteiger partial charge >= 0.3 is 6.18 Å². The minimum atomic E-state index is -4.22. The highest BCUT2D eigenvalue weighted by molar-refractivity contribution is 6.11. The number of anilines is 3. The van der Waals surface area contributed by atoms with Crippen molar-refractivity contribution < 1.29 is 32.2 Å². The van der Waals surface area contributed by atoms with Crippen LogP contribution in [0.2, 0.25) is 0 Å². The first kappa shape index (κ1) is 32.0. The Morgan fingerprint density at radius 3 is 2.40 bits per heavy atom. The second-order valence-corrected chi connectivity index (χ2v) is 9.50. The molecule has 1 heterocycles. The van der Waals surface area contributed by atoms with Gasteiger partial charge in [-0.25, -0.2) is 0 Å². The standard InChI is InChI=1S/C29H35F3N6O4/c1-5-27(39)35-25-14-20(34-17-18(2)33-11-10-29(30,31)32)8-9-24(25)28(40)36-26-15-21(37-38-26)7-6-19-12-22(41-3)16-23(13-19)42-4/h5,8-9,12-16,18,33-34H,1,6-7,10-11,17H2,2-4H3,(H,35,39)(H2,36,37,38,40). The van der Waals surface area contributed by atoms with Gasteiger partial charge in [-0.3, -0.25) is 14.7 Å². The van der Waals surface area contributed by atoms with E-state index in [1.165, 1.54) is 6.07 Å². The molecule has 10 nitrogen and oxygen atoms in total. The van der Waals surface area contributed by atoms with Crippen LogP contribution in [0, 0.1) is 0 Å². The molecule has 2 amide bonds. The van der Waals surface area contributed by atoms with Crippen LogP contribution in [0.15, 0.2) is 55.1 Å². The first-order chi connectivity index (χ1) is 20.0. The lowest BCUT2D eigenvalue weighted by Gasteiger charge is -2.17. The summed E-state index contributed by atoms with van der Waals surface area (Å²) in [4.78, 5) is 25.2. The van der Waals surface area contributed by atoms with Gasteiger partial charge in [0.25, 0.3) is 5.91 Å². The zero-order valence-electron chi connectivity index (χ0n) is 23.7. The maximum absolute atomic E-state index is 13.1. The lowest BCUT2D eigenvalue weighted by molar-refractivity contribution is -0.133. The van der Waals surface area contributed by atoms with Crippen LogP contribution in [0.1, 0.15) is 35.0 Å². The Morgan fingerprint density at radius 1 is 1.05 bits per heavy atom. The zero-order valence-corrected chi connectivity index (χ0v) is 23.7. The molecule has 13 heteroatoms. The number of benzene rings is 2. The van der Waals surface area contributed by atoms with Gasteiger partial charge in [0.2, 0.25) is 5.91 Å². The number of H-pyrrole nitrogens is 1. The summed E-state index contributed by atoms with van der Waals surface area (Å²) in [6, 6.07) is 11.8. The Kier molecular flexibility index (Phi) is 11.4. The molecule has 0 fully saturated rings. The number of aromatic amines is 1. The number of amides is 2. The predicted octanol–water partition coefficient (Wildman–Crippen LogP) is 4.93. The van der Waals surface area contributed by atoms with E-state index >= 15 is 0 Å². The molecule has 0 saturated heterocycles. The maximum Gasteiger partial charge on any atom is 0.390 e. The molecule has 3 aromatic rings. The number of hydrogen-bond acceptors (Lipinski definition) is 7. The second kappa shape index (κ2) is 14.9. The van der Waals surface area contributed by atoms with E-state index in [0.717, 1.165) is 17.3 Å². The van der Waals surface area contributed by atoms with Crippen molar-refractivity contribution in [1.29, 1.82) is 0 Å². The minimum Gasteiger partial charge on any atom is -0.497 e. The van der Waals surface area contributed by atoms with E-state index in [1.54, 1.807) is 45.4 Å². The van der Waals surface area contributed by atoms with Crippen molar-refractivity contribution in [2.24, 2.45) is 0 Å². The van der Waals surface area contributed by atoms with Crippen LogP contribution in [-0.2, 0) is 17.6 Å². The number of halogens is 3. The third-order valence-electron chi connectivity index (χ3n) is 6.18. The second-order valence-electron chi connectivity index (χ2n) is 9.50. The lowest BCUT2D eigenvalue weighted by Crippen LogP contribution is -2.35. The quantitative estimate of drug-likeness (QED) is 0.159. The van der Waals surface area contributed by atoms with Crippen LogP contribution in [0.25, 0.3) is 0 Å². The number of rotatable bonds is 15. The highest BCUT2D eigenvalue weighted by Crippen LogP contribution is 2.25. The molecule has 3 rings (SSSR count). The number of carbonyl (C=O) groups is 2. The topological polar surface area (TPSA) is 129 Å². The molecule has 0 bridgehead atoms. The molecule has 0 aliphatic heterocycles. The molecule has 0 aliphatic rings. The molecule has 1 atom stereocenters. The normalized spacial score (nSPS) is 11.9. The van der Waals surface area contributed by atoms with Crippen molar-refractivity contribution >= 4 is 29.0 Å². The maximum atomic E-state index is 13.1. The van der Waals surface area contributed by atoms with Crippen LogP contribution in [0.5, 0.6) is 11.5 Å². The van der Waals surface area contributed by atoms with Gasteiger partial charge in [-0.05, 0) is 61.7 Å². The van der Waals surface area contributed by atoms with E-state index in [-0.39, 0.29) is 23.8 Å². The van der Waals surface area contributed by atoms with Crippen LogP contribution < -0.4 is 30.7 Å². The number of alkyl halides is 3. The summed E-state index contributed by atoms with van der Waals surface area (Å²) in [7, 11) is 3.17. The molecule has 226 valence electrons. The van der Waals surface area contributed by atoms with Gasteiger partial charge in [-0.2, -0.15) is 18.3 Å². The Labute approximate surface area is 242 Å². The molecule has 1 aromatic heterocycles. The van der Waals surface area contributed by atoms with E-state index in [2.05, 4.69) is 38.0 Å². The average molecular weight is 589 g/mol. The smallest absolute Gasteiger partial charge is 0.390 e. The third kappa shape index (κ3) is 10.1. The third-order valence-corrected chi connectivity index (χ3v) is 6.18. The van der Waals surface area contributed by atoms with Crippen LogP contribution >= 0.6 is 0 Å². The number of aromatic nitrogens is 2. The molecule has 0 saturated carbocycles.